The number of nitrogens with two attached hydrogens (primary N) is 1. The van der Waals surface area contributed by atoms with E-state index in [-0.39, 0.29) is 5.56 Å². The molecule has 0 aromatic heterocycles. The molecular formula is C10H15N3O2. The van der Waals surface area contributed by atoms with Crippen LogP contribution in [0.2, 0.25) is 0 Å². The molecule has 4 N–H and O–H groups in total. The molecule has 0 radical (unpaired) electrons. The van der Waals surface area contributed by atoms with Crippen LogP contribution in [-0.2, 0) is 0 Å². The van der Waals surface area contributed by atoms with Gasteiger partial charge in [0.25, 0.3) is 0 Å². The minimum atomic E-state index is -1.02. The highest BCUT2D eigenvalue weighted by Gasteiger charge is 2.11. The zero-order valence-electron chi connectivity index (χ0n) is 9.03. The standard InChI is InChI=1S/C10H15N3O2/c1-6-4-7(12-13(2)3)5-8(9(6)11)10(14)15/h4-5,12H,11H2,1-3H3,(H,14,15). The van der Waals surface area contributed by atoms with Crippen LogP contribution in [0, 0.1) is 6.92 Å². The highest BCUT2D eigenvalue weighted by Crippen LogP contribution is 2.22. The minimum Gasteiger partial charge on any atom is -0.478 e. The van der Waals surface area contributed by atoms with Crippen molar-refractivity contribution < 1.29 is 9.90 Å². The predicted octanol–water partition coefficient (Wildman–Crippen LogP) is 1.16. The summed E-state index contributed by atoms with van der Waals surface area (Å²) in [6.45, 7) is 1.78. The SMILES string of the molecule is Cc1cc(NN(C)C)cc(C(=O)O)c1N. The van der Waals surface area contributed by atoms with E-state index in [0.29, 0.717) is 11.4 Å². The van der Waals surface area contributed by atoms with Crippen molar-refractivity contribution >= 4 is 17.3 Å². The number of hydrazine groups is 1. The van der Waals surface area contributed by atoms with E-state index in [2.05, 4.69) is 5.43 Å². The first-order valence-electron chi connectivity index (χ1n) is 4.49. The lowest BCUT2D eigenvalue weighted by molar-refractivity contribution is 0.0698. The van der Waals surface area contributed by atoms with Gasteiger partial charge in [0.1, 0.15) is 0 Å². The van der Waals surface area contributed by atoms with E-state index in [9.17, 15) is 4.79 Å². The van der Waals surface area contributed by atoms with Gasteiger partial charge in [-0.25, -0.2) is 9.80 Å². The van der Waals surface area contributed by atoms with E-state index in [1.165, 1.54) is 6.07 Å². The number of anilines is 2. The summed E-state index contributed by atoms with van der Waals surface area (Å²) >= 11 is 0. The van der Waals surface area contributed by atoms with Gasteiger partial charge < -0.3 is 16.3 Å². The van der Waals surface area contributed by atoms with Crippen molar-refractivity contribution in [1.29, 1.82) is 0 Å². The number of hydrogen-bond donors (Lipinski definition) is 3. The second kappa shape index (κ2) is 4.18. The van der Waals surface area contributed by atoms with E-state index in [0.717, 1.165) is 5.56 Å². The maximum absolute atomic E-state index is 10.9. The van der Waals surface area contributed by atoms with Crippen LogP contribution >= 0.6 is 0 Å². The molecule has 0 saturated carbocycles. The lowest BCUT2D eigenvalue weighted by Crippen LogP contribution is -2.20. The maximum atomic E-state index is 10.9. The number of nitrogens with one attached hydrogen (secondary N) is 1. The van der Waals surface area contributed by atoms with Gasteiger partial charge in [0.2, 0.25) is 0 Å². The molecule has 0 heterocycles. The summed E-state index contributed by atoms with van der Waals surface area (Å²) in [5.74, 6) is -1.02. The fourth-order valence-electron chi connectivity index (χ4n) is 1.30. The maximum Gasteiger partial charge on any atom is 0.337 e. The van der Waals surface area contributed by atoms with E-state index < -0.39 is 5.97 Å². The number of carbonyl (C=O) groups is 1. The summed E-state index contributed by atoms with van der Waals surface area (Å²) in [4.78, 5) is 10.9. The van der Waals surface area contributed by atoms with Crippen LogP contribution in [0.5, 0.6) is 0 Å². The summed E-state index contributed by atoms with van der Waals surface area (Å²) in [6, 6.07) is 3.33. The Morgan fingerprint density at radius 3 is 2.53 bits per heavy atom. The zero-order chi connectivity index (χ0) is 11.6. The summed E-state index contributed by atoms with van der Waals surface area (Å²) in [5.41, 5.74) is 10.5. The van der Waals surface area contributed by atoms with Crippen LogP contribution in [0.1, 0.15) is 15.9 Å². The first-order valence-corrected chi connectivity index (χ1v) is 4.49. The van der Waals surface area contributed by atoms with Crippen LogP contribution in [0.15, 0.2) is 12.1 Å². The van der Waals surface area contributed by atoms with E-state index in [4.69, 9.17) is 10.8 Å². The van der Waals surface area contributed by atoms with Crippen molar-refractivity contribution in [2.45, 2.75) is 6.92 Å². The average Bonchev–Trinajstić information content (AvgIpc) is 2.09. The molecule has 1 aromatic rings. The first kappa shape index (κ1) is 11.3. The molecule has 0 aliphatic heterocycles. The largest absolute Gasteiger partial charge is 0.478 e. The Kier molecular flexibility index (Phi) is 3.16. The van der Waals surface area contributed by atoms with Crippen molar-refractivity contribution in [2.24, 2.45) is 0 Å². The molecule has 0 aliphatic rings. The third kappa shape index (κ3) is 2.60. The Balaban J connectivity index is 3.17. The molecule has 0 amide bonds. The highest BCUT2D eigenvalue weighted by atomic mass is 16.4. The van der Waals surface area contributed by atoms with Gasteiger partial charge >= 0.3 is 5.97 Å². The smallest absolute Gasteiger partial charge is 0.337 e. The second-order valence-corrected chi connectivity index (χ2v) is 3.57. The number of carboxylic acid groups (broad SMARTS) is 1. The fourth-order valence-corrected chi connectivity index (χ4v) is 1.30. The zero-order valence-corrected chi connectivity index (χ0v) is 9.03. The lowest BCUT2D eigenvalue weighted by Gasteiger charge is -2.15. The molecule has 82 valence electrons. The number of rotatable bonds is 3. The molecule has 0 fully saturated rings. The van der Waals surface area contributed by atoms with Gasteiger partial charge in [0.15, 0.2) is 0 Å². The molecule has 1 rings (SSSR count). The summed E-state index contributed by atoms with van der Waals surface area (Å²) in [7, 11) is 3.65. The van der Waals surface area contributed by atoms with Gasteiger partial charge in [0.05, 0.1) is 11.3 Å². The normalized spacial score (nSPS) is 10.4. The number of benzene rings is 1. The first-order chi connectivity index (χ1) is 6.91. The molecule has 0 aliphatic carbocycles. The Morgan fingerprint density at radius 2 is 2.07 bits per heavy atom. The number of aromatic carboxylic acids is 1. The van der Waals surface area contributed by atoms with E-state index in [1.54, 1.807) is 11.9 Å². The van der Waals surface area contributed by atoms with Crippen molar-refractivity contribution in [3.63, 3.8) is 0 Å². The van der Waals surface area contributed by atoms with Crippen LogP contribution in [0.3, 0.4) is 0 Å². The Labute approximate surface area is 88.5 Å². The third-order valence-corrected chi connectivity index (χ3v) is 1.97. The molecular weight excluding hydrogens is 194 g/mol. The van der Waals surface area contributed by atoms with Crippen LogP contribution in [0.4, 0.5) is 11.4 Å². The molecule has 0 saturated heterocycles. The molecule has 0 spiro atoms. The number of nitrogen functional groups attached to an aromatic ring is 1. The minimum absolute atomic E-state index is 0.124. The molecule has 15 heavy (non-hydrogen) atoms. The second-order valence-electron chi connectivity index (χ2n) is 3.57. The highest BCUT2D eigenvalue weighted by molar-refractivity contribution is 5.95. The molecule has 1 aromatic carbocycles. The molecule has 0 unspecified atom stereocenters. The van der Waals surface area contributed by atoms with E-state index >= 15 is 0 Å². The van der Waals surface area contributed by atoms with Gasteiger partial charge in [-0.1, -0.05) is 0 Å². The van der Waals surface area contributed by atoms with Crippen molar-refractivity contribution in [3.8, 4) is 0 Å². The monoisotopic (exact) mass is 209 g/mol. The average molecular weight is 209 g/mol. The van der Waals surface area contributed by atoms with Crippen LogP contribution in [-0.4, -0.2) is 30.2 Å². The Bertz CT molecular complexity index is 388. The molecule has 0 bridgehead atoms. The summed E-state index contributed by atoms with van der Waals surface area (Å²) < 4.78 is 0. The van der Waals surface area contributed by atoms with Gasteiger partial charge in [-0.05, 0) is 24.6 Å². The van der Waals surface area contributed by atoms with Crippen molar-refractivity contribution in [2.75, 3.05) is 25.3 Å². The van der Waals surface area contributed by atoms with Crippen molar-refractivity contribution in [3.05, 3.63) is 23.3 Å². The van der Waals surface area contributed by atoms with Gasteiger partial charge in [-0.2, -0.15) is 0 Å². The van der Waals surface area contributed by atoms with Crippen LogP contribution < -0.4 is 11.2 Å². The fraction of sp³-hybridized carbons (Fsp3) is 0.300. The van der Waals surface area contributed by atoms with Gasteiger partial charge in [0, 0.05) is 19.8 Å². The summed E-state index contributed by atoms with van der Waals surface area (Å²) in [5, 5.41) is 10.7. The third-order valence-electron chi connectivity index (χ3n) is 1.97. The van der Waals surface area contributed by atoms with Gasteiger partial charge in [-0.3, -0.25) is 0 Å². The number of nitrogens with zero attached hydrogens (tertiary/aromatic N) is 1. The number of aryl methyl sites for hydroxylation is 1. The molecule has 5 heteroatoms. The lowest BCUT2D eigenvalue weighted by atomic mass is 10.1. The van der Waals surface area contributed by atoms with E-state index in [1.807, 2.05) is 20.2 Å². The Morgan fingerprint density at radius 1 is 1.47 bits per heavy atom. The predicted molar refractivity (Wildman–Crippen MR) is 59.9 cm³/mol. The van der Waals surface area contributed by atoms with Crippen LogP contribution in [0.25, 0.3) is 0 Å². The van der Waals surface area contributed by atoms with Crippen molar-refractivity contribution in [1.82, 2.24) is 5.01 Å². The Hall–Kier alpha value is -1.75. The summed E-state index contributed by atoms with van der Waals surface area (Å²) in [6.07, 6.45) is 0. The molecule has 5 nitrogen and oxygen atoms in total. The molecule has 0 atom stereocenters. The number of carboxylic acids is 1. The number of hydrogen-bond acceptors (Lipinski definition) is 4. The topological polar surface area (TPSA) is 78.6 Å². The quantitative estimate of drug-likeness (QED) is 0.514. The van der Waals surface area contributed by atoms with Gasteiger partial charge in [-0.15, -0.1) is 0 Å².